The number of thiophene rings is 1. The van der Waals surface area contributed by atoms with Crippen molar-refractivity contribution in [2.24, 2.45) is 5.73 Å². The quantitative estimate of drug-likeness (QED) is 0.850. The molecule has 1 heterocycles. The van der Waals surface area contributed by atoms with E-state index in [2.05, 4.69) is 33.7 Å². The topological polar surface area (TPSA) is 52.3 Å². The molecule has 90 valence electrons. The molecule has 0 bridgehead atoms. The minimum absolute atomic E-state index is 0.00667. The lowest BCUT2D eigenvalue weighted by molar-refractivity contribution is -0.140. The summed E-state index contributed by atoms with van der Waals surface area (Å²) < 4.78 is 5.68. The third-order valence-electron chi connectivity index (χ3n) is 2.45. The molecule has 0 saturated heterocycles. The predicted molar refractivity (Wildman–Crippen MR) is 69.6 cm³/mol. The van der Waals surface area contributed by atoms with Crippen LogP contribution in [0.25, 0.3) is 0 Å². The Morgan fingerprint density at radius 1 is 1.69 bits per heavy atom. The van der Waals surface area contributed by atoms with Gasteiger partial charge in [0, 0.05) is 17.3 Å². The van der Waals surface area contributed by atoms with Crippen molar-refractivity contribution in [3.63, 3.8) is 0 Å². The van der Waals surface area contributed by atoms with Crippen LogP contribution < -0.4 is 5.73 Å². The van der Waals surface area contributed by atoms with Crippen LogP contribution >= 0.6 is 27.3 Å². The van der Waals surface area contributed by atoms with Gasteiger partial charge in [0.25, 0.3) is 0 Å². The number of hydrogen-bond acceptors (Lipinski definition) is 4. The fourth-order valence-corrected chi connectivity index (χ4v) is 3.33. The molecule has 0 spiro atoms. The summed E-state index contributed by atoms with van der Waals surface area (Å²) in [5.74, 6) is -0.171. The first-order valence-corrected chi connectivity index (χ1v) is 6.73. The van der Waals surface area contributed by atoms with Crippen molar-refractivity contribution in [2.75, 3.05) is 7.11 Å². The van der Waals surface area contributed by atoms with Crippen LogP contribution in [0.1, 0.15) is 35.7 Å². The van der Waals surface area contributed by atoms with Crippen LogP contribution in [0.5, 0.6) is 0 Å². The molecule has 0 aromatic carbocycles. The number of hydrogen-bond donors (Lipinski definition) is 1. The molecule has 0 saturated carbocycles. The number of rotatable bonds is 5. The summed E-state index contributed by atoms with van der Waals surface area (Å²) in [6.07, 6.45) is 2.01. The minimum atomic E-state index is -0.171. The third kappa shape index (κ3) is 3.88. The average molecular weight is 306 g/mol. The third-order valence-corrected chi connectivity index (χ3v) is 4.02. The Hall–Kier alpha value is -0.390. The molecule has 0 aliphatic heterocycles. The highest BCUT2D eigenvalue weighted by Gasteiger charge is 2.12. The number of nitrogens with two attached hydrogens (primary N) is 1. The van der Waals surface area contributed by atoms with Crippen molar-refractivity contribution in [1.29, 1.82) is 0 Å². The SMILES string of the molecule is COC(=O)CCCC(N)c1cc(Br)sc1C. The van der Waals surface area contributed by atoms with Crippen molar-refractivity contribution in [3.05, 3.63) is 20.3 Å². The van der Waals surface area contributed by atoms with Crippen molar-refractivity contribution in [1.82, 2.24) is 0 Å². The van der Waals surface area contributed by atoms with Crippen LogP contribution in [0.15, 0.2) is 9.85 Å². The summed E-state index contributed by atoms with van der Waals surface area (Å²) >= 11 is 5.13. The zero-order chi connectivity index (χ0) is 12.1. The van der Waals surface area contributed by atoms with Gasteiger partial charge in [-0.15, -0.1) is 11.3 Å². The predicted octanol–water partition coefficient (Wildman–Crippen LogP) is 3.16. The second kappa shape index (κ2) is 6.37. The zero-order valence-electron chi connectivity index (χ0n) is 9.46. The van der Waals surface area contributed by atoms with Gasteiger partial charge < -0.3 is 10.5 Å². The second-order valence-corrected chi connectivity index (χ2v) is 6.27. The number of aryl methyl sites for hydroxylation is 1. The fourth-order valence-electron chi connectivity index (χ4n) is 1.55. The summed E-state index contributed by atoms with van der Waals surface area (Å²) in [4.78, 5) is 12.2. The van der Waals surface area contributed by atoms with E-state index in [1.165, 1.54) is 17.6 Å². The van der Waals surface area contributed by atoms with E-state index in [-0.39, 0.29) is 12.0 Å². The number of halogens is 1. The van der Waals surface area contributed by atoms with Gasteiger partial charge in [0.2, 0.25) is 0 Å². The Labute approximate surface area is 108 Å². The molecule has 1 unspecified atom stereocenters. The Bertz CT molecular complexity index is 365. The Morgan fingerprint density at radius 3 is 2.88 bits per heavy atom. The Balaban J connectivity index is 2.43. The minimum Gasteiger partial charge on any atom is -0.469 e. The molecule has 1 rings (SSSR count). The number of esters is 1. The lowest BCUT2D eigenvalue weighted by atomic mass is 10.0. The van der Waals surface area contributed by atoms with E-state index in [0.29, 0.717) is 6.42 Å². The maximum absolute atomic E-state index is 10.9. The first-order valence-electron chi connectivity index (χ1n) is 5.12. The summed E-state index contributed by atoms with van der Waals surface area (Å²) in [5, 5.41) is 0. The van der Waals surface area contributed by atoms with Gasteiger partial charge in [-0.3, -0.25) is 4.79 Å². The van der Waals surface area contributed by atoms with Gasteiger partial charge in [0.1, 0.15) is 0 Å². The monoisotopic (exact) mass is 305 g/mol. The highest BCUT2D eigenvalue weighted by Crippen LogP contribution is 2.31. The molecule has 2 N–H and O–H groups in total. The highest BCUT2D eigenvalue weighted by atomic mass is 79.9. The molecule has 3 nitrogen and oxygen atoms in total. The summed E-state index contributed by atoms with van der Waals surface area (Å²) in [5.41, 5.74) is 7.24. The first kappa shape index (κ1) is 13.7. The lowest BCUT2D eigenvalue weighted by Crippen LogP contribution is -2.11. The maximum Gasteiger partial charge on any atom is 0.305 e. The van der Waals surface area contributed by atoms with Gasteiger partial charge >= 0.3 is 5.97 Å². The number of carbonyl (C=O) groups is 1. The van der Waals surface area contributed by atoms with Gasteiger partial charge in [-0.1, -0.05) is 0 Å². The standard InChI is InChI=1S/C11H16BrNO2S/c1-7-8(6-10(12)16-7)9(13)4-3-5-11(14)15-2/h6,9H,3-5,13H2,1-2H3. The van der Waals surface area contributed by atoms with Crippen LogP contribution in [-0.4, -0.2) is 13.1 Å². The van der Waals surface area contributed by atoms with Crippen molar-refractivity contribution < 1.29 is 9.53 Å². The van der Waals surface area contributed by atoms with Crippen LogP contribution in [0.4, 0.5) is 0 Å². The summed E-state index contributed by atoms with van der Waals surface area (Å²) in [6.45, 7) is 2.06. The van der Waals surface area contributed by atoms with Gasteiger partial charge in [-0.2, -0.15) is 0 Å². The number of methoxy groups -OCH3 is 1. The first-order chi connectivity index (χ1) is 7.54. The lowest BCUT2D eigenvalue weighted by Gasteiger charge is -2.10. The van der Waals surface area contributed by atoms with E-state index >= 15 is 0 Å². The normalized spacial score (nSPS) is 12.5. The molecular formula is C11H16BrNO2S. The van der Waals surface area contributed by atoms with Gasteiger partial charge in [-0.05, 0) is 47.3 Å². The molecule has 1 aromatic rings. The van der Waals surface area contributed by atoms with Gasteiger partial charge in [0.15, 0.2) is 0 Å². The van der Waals surface area contributed by atoms with E-state index in [1.54, 1.807) is 11.3 Å². The number of ether oxygens (including phenoxy) is 1. The molecule has 1 atom stereocenters. The van der Waals surface area contributed by atoms with E-state index in [4.69, 9.17) is 5.73 Å². The maximum atomic E-state index is 10.9. The van der Waals surface area contributed by atoms with Crippen molar-refractivity contribution >= 4 is 33.2 Å². The van der Waals surface area contributed by atoms with Gasteiger partial charge in [-0.25, -0.2) is 0 Å². The smallest absolute Gasteiger partial charge is 0.305 e. The molecular weight excluding hydrogens is 290 g/mol. The Kier molecular flexibility index (Phi) is 5.44. The van der Waals surface area contributed by atoms with Gasteiger partial charge in [0.05, 0.1) is 10.9 Å². The zero-order valence-corrected chi connectivity index (χ0v) is 11.9. The molecule has 16 heavy (non-hydrogen) atoms. The highest BCUT2D eigenvalue weighted by molar-refractivity contribution is 9.11. The number of carbonyl (C=O) groups excluding carboxylic acids is 1. The van der Waals surface area contributed by atoms with E-state index in [1.807, 2.05) is 0 Å². The molecule has 0 radical (unpaired) electrons. The molecule has 0 aliphatic carbocycles. The largest absolute Gasteiger partial charge is 0.469 e. The second-order valence-electron chi connectivity index (χ2n) is 3.64. The summed E-state index contributed by atoms with van der Waals surface area (Å²) in [7, 11) is 1.41. The van der Waals surface area contributed by atoms with E-state index < -0.39 is 0 Å². The summed E-state index contributed by atoms with van der Waals surface area (Å²) in [6, 6.07) is 2.07. The van der Waals surface area contributed by atoms with Crippen LogP contribution in [0.2, 0.25) is 0 Å². The molecule has 1 aromatic heterocycles. The molecule has 0 amide bonds. The fraction of sp³-hybridized carbons (Fsp3) is 0.545. The van der Waals surface area contributed by atoms with Crippen LogP contribution in [0, 0.1) is 6.92 Å². The molecule has 5 heteroatoms. The van der Waals surface area contributed by atoms with Crippen molar-refractivity contribution in [3.8, 4) is 0 Å². The van der Waals surface area contributed by atoms with Crippen LogP contribution in [-0.2, 0) is 9.53 Å². The van der Waals surface area contributed by atoms with E-state index in [0.717, 1.165) is 16.6 Å². The molecule has 0 fully saturated rings. The Morgan fingerprint density at radius 2 is 2.38 bits per heavy atom. The van der Waals surface area contributed by atoms with Crippen molar-refractivity contribution in [2.45, 2.75) is 32.2 Å². The van der Waals surface area contributed by atoms with E-state index in [9.17, 15) is 4.79 Å². The average Bonchev–Trinajstić information content (AvgIpc) is 2.57. The van der Waals surface area contributed by atoms with Crippen LogP contribution in [0.3, 0.4) is 0 Å². The molecule has 0 aliphatic rings.